The molecule has 0 radical (unpaired) electrons. The molecule has 116 valence electrons. The summed E-state index contributed by atoms with van der Waals surface area (Å²) in [7, 11) is 0. The second-order valence-corrected chi connectivity index (χ2v) is 5.11. The third kappa shape index (κ3) is 3.66. The molecule has 3 aromatic rings. The van der Waals surface area contributed by atoms with E-state index in [-0.39, 0.29) is 5.56 Å². The van der Waals surface area contributed by atoms with Gasteiger partial charge in [-0.1, -0.05) is 18.2 Å². The number of hydrogen-bond donors (Lipinski definition) is 3. The molecule has 0 aliphatic rings. The van der Waals surface area contributed by atoms with Gasteiger partial charge in [-0.3, -0.25) is 9.36 Å². The first-order valence-electron chi connectivity index (χ1n) is 7.27. The van der Waals surface area contributed by atoms with Gasteiger partial charge in [0.1, 0.15) is 0 Å². The minimum atomic E-state index is -0.0544. The van der Waals surface area contributed by atoms with E-state index in [0.29, 0.717) is 6.54 Å². The zero-order valence-electron chi connectivity index (χ0n) is 12.4. The van der Waals surface area contributed by atoms with Crippen LogP contribution >= 0.6 is 0 Å². The SMILES string of the molecule is O=c1ccccn1-c1ccc(Nc2ccc(CNO)cc2)cc1. The van der Waals surface area contributed by atoms with Crippen molar-refractivity contribution < 1.29 is 5.21 Å². The third-order valence-corrected chi connectivity index (χ3v) is 3.49. The highest BCUT2D eigenvalue weighted by Crippen LogP contribution is 2.18. The van der Waals surface area contributed by atoms with Gasteiger partial charge in [0, 0.05) is 35.9 Å². The van der Waals surface area contributed by atoms with Gasteiger partial charge in [0.25, 0.3) is 5.56 Å². The summed E-state index contributed by atoms with van der Waals surface area (Å²) in [5.74, 6) is 0. The summed E-state index contributed by atoms with van der Waals surface area (Å²) in [6.45, 7) is 0.417. The molecule has 0 unspecified atom stereocenters. The molecule has 2 aromatic carbocycles. The highest BCUT2D eigenvalue weighted by atomic mass is 16.5. The molecule has 5 nitrogen and oxygen atoms in total. The number of rotatable bonds is 5. The van der Waals surface area contributed by atoms with Gasteiger partial charge in [0.2, 0.25) is 0 Å². The summed E-state index contributed by atoms with van der Waals surface area (Å²) >= 11 is 0. The molecule has 1 aromatic heterocycles. The van der Waals surface area contributed by atoms with E-state index < -0.39 is 0 Å². The van der Waals surface area contributed by atoms with E-state index in [0.717, 1.165) is 22.6 Å². The summed E-state index contributed by atoms with van der Waals surface area (Å²) in [5.41, 5.74) is 5.79. The minimum absolute atomic E-state index is 0.0544. The number of anilines is 2. The normalized spacial score (nSPS) is 10.5. The number of pyridine rings is 1. The van der Waals surface area contributed by atoms with Crippen LogP contribution in [0, 0.1) is 0 Å². The Labute approximate surface area is 133 Å². The molecule has 0 aliphatic heterocycles. The molecule has 0 amide bonds. The van der Waals surface area contributed by atoms with E-state index >= 15 is 0 Å². The topological polar surface area (TPSA) is 66.3 Å². The maximum absolute atomic E-state index is 11.8. The van der Waals surface area contributed by atoms with Crippen LogP contribution in [-0.2, 0) is 6.54 Å². The molecule has 3 N–H and O–H groups in total. The van der Waals surface area contributed by atoms with Crippen LogP contribution in [0.4, 0.5) is 11.4 Å². The molecule has 1 heterocycles. The second-order valence-electron chi connectivity index (χ2n) is 5.11. The number of nitrogens with zero attached hydrogens (tertiary/aromatic N) is 1. The fraction of sp³-hybridized carbons (Fsp3) is 0.0556. The number of hydroxylamine groups is 1. The molecule has 0 bridgehead atoms. The van der Waals surface area contributed by atoms with Gasteiger partial charge in [-0.2, -0.15) is 0 Å². The molecule has 0 atom stereocenters. The zero-order chi connectivity index (χ0) is 16.1. The molecular formula is C18H17N3O2. The quantitative estimate of drug-likeness (QED) is 0.634. The molecule has 0 aliphatic carbocycles. The number of benzene rings is 2. The van der Waals surface area contributed by atoms with Crippen molar-refractivity contribution in [3.8, 4) is 5.69 Å². The van der Waals surface area contributed by atoms with E-state index in [1.807, 2.05) is 54.6 Å². The molecule has 0 fully saturated rings. The van der Waals surface area contributed by atoms with Gasteiger partial charge in [-0.15, -0.1) is 0 Å². The average molecular weight is 307 g/mol. The Morgan fingerprint density at radius 3 is 2.13 bits per heavy atom. The average Bonchev–Trinajstić information content (AvgIpc) is 2.58. The lowest BCUT2D eigenvalue weighted by Gasteiger charge is -2.09. The molecule has 3 rings (SSSR count). The van der Waals surface area contributed by atoms with Gasteiger partial charge in [-0.25, -0.2) is 5.48 Å². The first-order chi connectivity index (χ1) is 11.3. The number of nitrogens with one attached hydrogen (secondary N) is 2. The zero-order valence-corrected chi connectivity index (χ0v) is 12.4. The van der Waals surface area contributed by atoms with E-state index in [1.54, 1.807) is 16.8 Å². The minimum Gasteiger partial charge on any atom is -0.356 e. The summed E-state index contributed by atoms with van der Waals surface area (Å²) in [6.07, 6.45) is 1.75. The predicted octanol–water partition coefficient (Wildman–Crippen LogP) is 3.06. The number of aromatic nitrogens is 1. The van der Waals surface area contributed by atoms with Crippen molar-refractivity contribution in [3.05, 3.63) is 88.8 Å². The van der Waals surface area contributed by atoms with E-state index in [1.165, 1.54) is 6.07 Å². The van der Waals surface area contributed by atoms with E-state index in [4.69, 9.17) is 5.21 Å². The van der Waals surface area contributed by atoms with Gasteiger partial charge in [-0.05, 0) is 48.0 Å². The summed E-state index contributed by atoms with van der Waals surface area (Å²) in [4.78, 5) is 11.8. The monoisotopic (exact) mass is 307 g/mol. The standard InChI is InChI=1S/C18H17N3O2/c22-18-3-1-2-12-21(18)17-10-8-16(9-11-17)20-15-6-4-14(5-7-15)13-19-23/h1-12,19-20,23H,13H2. The lowest BCUT2D eigenvalue weighted by Crippen LogP contribution is -2.15. The van der Waals surface area contributed by atoms with Crippen LogP contribution in [0.2, 0.25) is 0 Å². The first kappa shape index (κ1) is 15.0. The Morgan fingerprint density at radius 2 is 1.52 bits per heavy atom. The Kier molecular flexibility index (Phi) is 4.52. The Balaban J connectivity index is 1.75. The van der Waals surface area contributed by atoms with Crippen molar-refractivity contribution in [1.29, 1.82) is 0 Å². The molecule has 0 spiro atoms. The molecule has 0 saturated heterocycles. The van der Waals surface area contributed by atoms with Crippen LogP contribution in [0.1, 0.15) is 5.56 Å². The summed E-state index contributed by atoms with van der Waals surface area (Å²) < 4.78 is 1.60. The molecule has 0 saturated carbocycles. The third-order valence-electron chi connectivity index (χ3n) is 3.49. The highest BCUT2D eigenvalue weighted by molar-refractivity contribution is 5.61. The van der Waals surface area contributed by atoms with Gasteiger partial charge < -0.3 is 10.5 Å². The summed E-state index contributed by atoms with van der Waals surface area (Å²) in [6, 6.07) is 20.5. The van der Waals surface area contributed by atoms with Crippen molar-refractivity contribution in [3.63, 3.8) is 0 Å². The molecule has 5 heteroatoms. The Bertz CT molecular complexity index is 824. The van der Waals surface area contributed by atoms with Crippen LogP contribution in [0.3, 0.4) is 0 Å². The smallest absolute Gasteiger partial charge is 0.255 e. The molecular weight excluding hydrogens is 290 g/mol. The van der Waals surface area contributed by atoms with Crippen molar-refractivity contribution in [2.24, 2.45) is 0 Å². The van der Waals surface area contributed by atoms with Gasteiger partial charge in [0.05, 0.1) is 0 Å². The fourth-order valence-corrected chi connectivity index (χ4v) is 2.31. The van der Waals surface area contributed by atoms with Crippen molar-refractivity contribution in [2.75, 3.05) is 5.32 Å². The second kappa shape index (κ2) is 6.91. The molecule has 23 heavy (non-hydrogen) atoms. The van der Waals surface area contributed by atoms with Crippen LogP contribution in [0.5, 0.6) is 0 Å². The fourth-order valence-electron chi connectivity index (χ4n) is 2.31. The predicted molar refractivity (Wildman–Crippen MR) is 90.4 cm³/mol. The van der Waals surface area contributed by atoms with Crippen molar-refractivity contribution >= 4 is 11.4 Å². The van der Waals surface area contributed by atoms with Crippen molar-refractivity contribution in [1.82, 2.24) is 10.0 Å². The highest BCUT2D eigenvalue weighted by Gasteiger charge is 2.00. The first-order valence-corrected chi connectivity index (χ1v) is 7.27. The maximum Gasteiger partial charge on any atom is 0.255 e. The van der Waals surface area contributed by atoms with Crippen LogP contribution < -0.4 is 16.4 Å². The lowest BCUT2D eigenvalue weighted by atomic mass is 10.2. The summed E-state index contributed by atoms with van der Waals surface area (Å²) in [5, 5.41) is 12.0. The largest absolute Gasteiger partial charge is 0.356 e. The van der Waals surface area contributed by atoms with Crippen LogP contribution in [-0.4, -0.2) is 9.77 Å². The maximum atomic E-state index is 11.8. The van der Waals surface area contributed by atoms with E-state index in [2.05, 4.69) is 10.8 Å². The van der Waals surface area contributed by atoms with Crippen LogP contribution in [0.25, 0.3) is 5.69 Å². The number of hydrogen-bond acceptors (Lipinski definition) is 4. The van der Waals surface area contributed by atoms with E-state index in [9.17, 15) is 4.79 Å². The lowest BCUT2D eigenvalue weighted by molar-refractivity contribution is 0.161. The Morgan fingerprint density at radius 1 is 0.870 bits per heavy atom. The van der Waals surface area contributed by atoms with Gasteiger partial charge >= 0.3 is 0 Å². The van der Waals surface area contributed by atoms with Crippen molar-refractivity contribution in [2.45, 2.75) is 6.54 Å². The Hall–Kier alpha value is -2.89. The van der Waals surface area contributed by atoms with Crippen LogP contribution in [0.15, 0.2) is 77.7 Å². The van der Waals surface area contributed by atoms with Gasteiger partial charge in [0.15, 0.2) is 0 Å².